The summed E-state index contributed by atoms with van der Waals surface area (Å²) in [5, 5.41) is 21.5. The molecule has 0 aliphatic heterocycles. The molecular formula is C6H3Br3N2O2. The van der Waals surface area contributed by atoms with Gasteiger partial charge in [-0.25, -0.2) is 5.21 Å². The van der Waals surface area contributed by atoms with E-state index in [1.165, 1.54) is 0 Å². The molecule has 4 nitrogen and oxygen atoms in total. The Bertz CT molecular complexity index is 340. The molecule has 0 aromatic heterocycles. The maximum atomic E-state index is 10.3. The zero-order chi connectivity index (χ0) is 10.0. The third-order valence-corrected chi connectivity index (χ3v) is 2.83. The lowest BCUT2D eigenvalue weighted by Crippen LogP contribution is -1.88. The largest absolute Gasteiger partial charge is 0.394 e. The maximum Gasteiger partial charge on any atom is 0.171 e. The zero-order valence-corrected chi connectivity index (χ0v) is 10.8. The first-order chi connectivity index (χ1) is 6.00. The van der Waals surface area contributed by atoms with E-state index in [9.17, 15) is 5.21 Å². The van der Waals surface area contributed by atoms with Gasteiger partial charge in [-0.1, -0.05) is 15.9 Å². The molecule has 0 spiro atoms. The van der Waals surface area contributed by atoms with E-state index >= 15 is 0 Å². The smallest absolute Gasteiger partial charge is 0.171 e. The molecule has 0 amide bonds. The van der Waals surface area contributed by atoms with Crippen molar-refractivity contribution in [2.75, 3.05) is 0 Å². The monoisotopic (exact) mass is 372 g/mol. The minimum Gasteiger partial charge on any atom is -0.394 e. The van der Waals surface area contributed by atoms with Crippen molar-refractivity contribution in [2.24, 2.45) is 5.11 Å². The quantitative estimate of drug-likeness (QED) is 0.597. The second-order valence-electron chi connectivity index (χ2n) is 2.07. The highest BCUT2D eigenvalue weighted by Gasteiger charge is 2.09. The fraction of sp³-hybridized carbons (Fsp3) is 0. The Balaban J connectivity index is 3.29. The van der Waals surface area contributed by atoms with E-state index < -0.39 is 5.02 Å². The average Bonchev–Trinajstić information content (AvgIpc) is 1.96. The van der Waals surface area contributed by atoms with E-state index in [4.69, 9.17) is 5.21 Å². The summed E-state index contributed by atoms with van der Waals surface area (Å²) in [5.41, 5.74) is 0.334. The highest BCUT2D eigenvalue weighted by Crippen LogP contribution is 2.36. The molecule has 7 heteroatoms. The predicted molar refractivity (Wildman–Crippen MR) is 57.0 cm³/mol. The summed E-state index contributed by atoms with van der Waals surface area (Å²) in [4.78, 5) is 0. The van der Waals surface area contributed by atoms with Crippen LogP contribution in [-0.4, -0.2) is 10.2 Å². The van der Waals surface area contributed by atoms with Gasteiger partial charge in [0.1, 0.15) is 0 Å². The van der Waals surface area contributed by atoms with Crippen LogP contribution < -0.4 is 0 Å². The Morgan fingerprint density at radius 2 is 1.69 bits per heavy atom. The Morgan fingerprint density at radius 3 is 2.08 bits per heavy atom. The summed E-state index contributed by atoms with van der Waals surface area (Å²) < 4.78 is 2.04. The van der Waals surface area contributed by atoms with Gasteiger partial charge < -0.3 is 5.21 Å². The SMILES string of the molecule is [O-]/[N+](O)=N/c1c(Br)cc(Br)cc1Br. The van der Waals surface area contributed by atoms with Crippen LogP contribution in [0.4, 0.5) is 5.69 Å². The molecule has 0 aliphatic rings. The Labute approximate surface area is 99.2 Å². The molecule has 1 rings (SSSR count). The second kappa shape index (κ2) is 4.39. The first kappa shape index (κ1) is 10.9. The summed E-state index contributed by atoms with van der Waals surface area (Å²) in [5.74, 6) is 0. The summed E-state index contributed by atoms with van der Waals surface area (Å²) in [6.07, 6.45) is 0. The molecule has 0 unspecified atom stereocenters. The Morgan fingerprint density at radius 1 is 1.23 bits per heavy atom. The molecule has 0 heterocycles. The van der Waals surface area contributed by atoms with Crippen molar-refractivity contribution < 1.29 is 10.2 Å². The normalized spacial score (nSPS) is 11.8. The molecular weight excluding hydrogens is 372 g/mol. The fourth-order valence-electron chi connectivity index (χ4n) is 0.716. The molecule has 1 N–H and O–H groups in total. The number of hydrogen-bond donors (Lipinski definition) is 1. The van der Waals surface area contributed by atoms with E-state index in [2.05, 4.69) is 52.9 Å². The maximum absolute atomic E-state index is 10.3. The molecule has 70 valence electrons. The van der Waals surface area contributed by atoms with Crippen molar-refractivity contribution in [3.63, 3.8) is 0 Å². The molecule has 0 saturated heterocycles. The molecule has 1 aromatic carbocycles. The number of rotatable bonds is 1. The fourth-order valence-corrected chi connectivity index (χ4v) is 3.13. The molecule has 0 fully saturated rings. The van der Waals surface area contributed by atoms with Crippen molar-refractivity contribution in [2.45, 2.75) is 0 Å². The topological polar surface area (TPSA) is 58.7 Å². The van der Waals surface area contributed by atoms with Gasteiger partial charge in [-0.2, -0.15) is 0 Å². The first-order valence-corrected chi connectivity index (χ1v) is 5.41. The van der Waals surface area contributed by atoms with Crippen LogP contribution in [0.1, 0.15) is 0 Å². The van der Waals surface area contributed by atoms with Crippen molar-refractivity contribution in [3.05, 3.63) is 30.8 Å². The van der Waals surface area contributed by atoms with Crippen LogP contribution in [0.3, 0.4) is 0 Å². The third kappa shape index (κ3) is 2.92. The van der Waals surface area contributed by atoms with Crippen LogP contribution >= 0.6 is 47.8 Å². The van der Waals surface area contributed by atoms with Gasteiger partial charge in [-0.15, -0.1) is 0 Å². The highest BCUT2D eigenvalue weighted by molar-refractivity contribution is 9.11. The standard InChI is InChI=1S/C6H3Br3N2O2/c7-3-1-4(8)6(5(9)2-3)10-11(12)13/h1-2H,(H,10,12,13). The van der Waals surface area contributed by atoms with E-state index in [0.29, 0.717) is 14.6 Å². The molecule has 13 heavy (non-hydrogen) atoms. The molecule has 0 saturated carbocycles. The number of hydrogen-bond acceptors (Lipinski definition) is 2. The molecule has 0 aliphatic carbocycles. The predicted octanol–water partition coefficient (Wildman–Crippen LogP) is 3.96. The van der Waals surface area contributed by atoms with Gasteiger partial charge >= 0.3 is 0 Å². The Kier molecular flexibility index (Phi) is 3.69. The van der Waals surface area contributed by atoms with Gasteiger partial charge in [0, 0.05) is 4.47 Å². The van der Waals surface area contributed by atoms with Crippen LogP contribution in [0.15, 0.2) is 30.7 Å². The van der Waals surface area contributed by atoms with E-state index in [1.54, 1.807) is 12.1 Å². The summed E-state index contributed by atoms with van der Waals surface area (Å²) in [6, 6.07) is 3.43. The van der Waals surface area contributed by atoms with Crippen LogP contribution in [0.25, 0.3) is 0 Å². The van der Waals surface area contributed by atoms with Gasteiger partial charge in [0.05, 0.1) is 14.1 Å². The first-order valence-electron chi connectivity index (χ1n) is 3.03. The minimum atomic E-state index is -0.487. The molecule has 0 atom stereocenters. The van der Waals surface area contributed by atoms with E-state index in [0.717, 1.165) is 4.47 Å². The molecule has 0 bridgehead atoms. The van der Waals surface area contributed by atoms with Crippen molar-refractivity contribution in [3.8, 4) is 0 Å². The summed E-state index contributed by atoms with van der Waals surface area (Å²) in [7, 11) is 0. The molecule has 0 radical (unpaired) electrons. The van der Waals surface area contributed by atoms with Crippen LogP contribution in [-0.2, 0) is 0 Å². The van der Waals surface area contributed by atoms with Crippen LogP contribution in [0, 0.1) is 5.21 Å². The zero-order valence-electron chi connectivity index (χ0n) is 6.04. The third-order valence-electron chi connectivity index (χ3n) is 1.17. The van der Waals surface area contributed by atoms with Gasteiger partial charge in [0.2, 0.25) is 0 Å². The van der Waals surface area contributed by atoms with Gasteiger partial charge in [-0.3, -0.25) is 0 Å². The summed E-state index contributed by atoms with van der Waals surface area (Å²) in [6.45, 7) is 0. The lowest BCUT2D eigenvalue weighted by molar-refractivity contribution is -0.774. The van der Waals surface area contributed by atoms with Gasteiger partial charge in [0.25, 0.3) is 0 Å². The number of benzene rings is 1. The average molecular weight is 375 g/mol. The minimum absolute atomic E-state index is 0.334. The second-order valence-corrected chi connectivity index (χ2v) is 4.70. The van der Waals surface area contributed by atoms with E-state index in [1.807, 2.05) is 0 Å². The lowest BCUT2D eigenvalue weighted by atomic mass is 10.3. The van der Waals surface area contributed by atoms with Crippen molar-refractivity contribution in [1.29, 1.82) is 0 Å². The Hall–Kier alpha value is -0.140. The summed E-state index contributed by atoms with van der Waals surface area (Å²) >= 11 is 9.65. The van der Waals surface area contributed by atoms with Crippen LogP contribution in [0.2, 0.25) is 0 Å². The lowest BCUT2D eigenvalue weighted by Gasteiger charge is -1.98. The van der Waals surface area contributed by atoms with Gasteiger partial charge in [0.15, 0.2) is 10.7 Å². The van der Waals surface area contributed by atoms with Crippen molar-refractivity contribution in [1.82, 2.24) is 0 Å². The van der Waals surface area contributed by atoms with Gasteiger partial charge in [-0.05, 0) is 44.0 Å². The highest BCUT2D eigenvalue weighted by atomic mass is 79.9. The van der Waals surface area contributed by atoms with Crippen molar-refractivity contribution >= 4 is 53.5 Å². The van der Waals surface area contributed by atoms with Crippen LogP contribution in [0.5, 0.6) is 0 Å². The number of halogens is 3. The number of nitrogens with zero attached hydrogens (tertiary/aromatic N) is 2. The van der Waals surface area contributed by atoms with E-state index in [-0.39, 0.29) is 0 Å². The molecule has 1 aromatic rings.